The molecule has 7 nitrogen and oxygen atoms in total. The molecule has 2 aliphatic heterocycles. The second-order valence-corrected chi connectivity index (χ2v) is 15.2. The Morgan fingerprint density at radius 2 is 1.90 bits per heavy atom. The summed E-state index contributed by atoms with van der Waals surface area (Å²) in [5, 5.41) is 2.52. The van der Waals surface area contributed by atoms with Crippen molar-refractivity contribution < 1.29 is 23.8 Å². The Labute approximate surface area is 320 Å². The summed E-state index contributed by atoms with van der Waals surface area (Å²) in [6.07, 6.45) is 16.1. The Morgan fingerprint density at radius 1 is 1.10 bits per heavy atom. The molecule has 52 heavy (non-hydrogen) atoms. The second-order valence-electron chi connectivity index (χ2n) is 13.8. The molecule has 0 aliphatic carbocycles. The number of thioether (sulfide) groups is 1. The van der Waals surface area contributed by atoms with E-state index in [1.807, 2.05) is 37.0 Å². The highest BCUT2D eigenvalue weighted by atomic mass is 35.5. The third-order valence-electron chi connectivity index (χ3n) is 8.76. The van der Waals surface area contributed by atoms with Gasteiger partial charge in [-0.25, -0.2) is 4.79 Å². The van der Waals surface area contributed by atoms with Crippen molar-refractivity contribution in [1.82, 2.24) is 9.80 Å². The maximum atomic E-state index is 14.3. The molecular weight excluding hydrogens is 692 g/mol. The SMILES string of the molecule is CCC/C=C1\C=CC=CN1/C(Cc1cc(C2C=CSC2)ccc1OCC(=O)OCC)=C(\C)CN(CCC(C)C)C(=O)c1ccc(OC(C)C)cc1Cl. The average Bonchev–Trinajstić information content (AvgIpc) is 3.66. The monoisotopic (exact) mass is 746 g/mol. The molecule has 1 amide bonds. The van der Waals surface area contributed by atoms with Gasteiger partial charge in [0.05, 0.1) is 23.3 Å². The number of rotatable bonds is 18. The minimum Gasteiger partial charge on any atom is -0.491 e. The summed E-state index contributed by atoms with van der Waals surface area (Å²) >= 11 is 8.55. The lowest BCUT2D eigenvalue weighted by atomic mass is 9.95. The third-order valence-corrected chi connectivity index (χ3v) is 9.97. The molecule has 0 radical (unpaired) electrons. The molecule has 4 rings (SSSR count). The summed E-state index contributed by atoms with van der Waals surface area (Å²) in [7, 11) is 0. The van der Waals surface area contributed by atoms with E-state index in [1.54, 1.807) is 30.8 Å². The van der Waals surface area contributed by atoms with Crippen LogP contribution in [0.15, 0.2) is 95.4 Å². The lowest BCUT2D eigenvalue weighted by Gasteiger charge is -2.32. The first-order valence-electron chi connectivity index (χ1n) is 18.5. The van der Waals surface area contributed by atoms with E-state index >= 15 is 0 Å². The van der Waals surface area contributed by atoms with Gasteiger partial charge < -0.3 is 24.0 Å². The lowest BCUT2D eigenvalue weighted by Crippen LogP contribution is -2.35. The number of amides is 1. The van der Waals surface area contributed by atoms with Crippen molar-refractivity contribution >= 4 is 35.2 Å². The number of carbonyl (C=O) groups excluding carboxylic acids is 2. The first kappa shape index (κ1) is 40.9. The van der Waals surface area contributed by atoms with Gasteiger partial charge in [0, 0.05) is 54.3 Å². The summed E-state index contributed by atoms with van der Waals surface area (Å²) in [5.41, 5.74) is 5.75. The van der Waals surface area contributed by atoms with E-state index < -0.39 is 5.97 Å². The van der Waals surface area contributed by atoms with Crippen LogP contribution in [0.5, 0.6) is 11.5 Å². The molecule has 1 atom stereocenters. The Kier molecular flexibility index (Phi) is 16.0. The van der Waals surface area contributed by atoms with E-state index in [0.717, 1.165) is 47.5 Å². The minimum absolute atomic E-state index is 0.00777. The fourth-order valence-electron chi connectivity index (χ4n) is 6.03. The summed E-state index contributed by atoms with van der Waals surface area (Å²) in [5.74, 6) is 2.41. The molecule has 280 valence electrons. The fourth-order valence-corrected chi connectivity index (χ4v) is 7.21. The normalized spacial score (nSPS) is 16.5. The van der Waals surface area contributed by atoms with Gasteiger partial charge in [-0.2, -0.15) is 0 Å². The van der Waals surface area contributed by atoms with Crippen molar-refractivity contribution in [3.8, 4) is 11.5 Å². The van der Waals surface area contributed by atoms with E-state index in [-0.39, 0.29) is 18.6 Å². The number of carbonyl (C=O) groups is 2. The molecule has 0 saturated heterocycles. The molecule has 0 aromatic heterocycles. The predicted molar refractivity (Wildman–Crippen MR) is 215 cm³/mol. The van der Waals surface area contributed by atoms with Crippen LogP contribution in [0.1, 0.15) is 95.1 Å². The van der Waals surface area contributed by atoms with Crippen molar-refractivity contribution in [3.63, 3.8) is 0 Å². The number of halogens is 1. The van der Waals surface area contributed by atoms with Gasteiger partial charge in [-0.05, 0) is 99.4 Å². The Bertz CT molecular complexity index is 1690. The van der Waals surface area contributed by atoms with Gasteiger partial charge in [0.2, 0.25) is 0 Å². The van der Waals surface area contributed by atoms with E-state index in [1.165, 1.54) is 5.56 Å². The number of nitrogens with zero attached hydrogens (tertiary/aromatic N) is 2. The number of benzene rings is 2. The zero-order valence-corrected chi connectivity index (χ0v) is 33.4. The smallest absolute Gasteiger partial charge is 0.344 e. The van der Waals surface area contributed by atoms with Crippen LogP contribution in [0, 0.1) is 5.92 Å². The maximum absolute atomic E-state index is 14.3. The van der Waals surface area contributed by atoms with Crippen LogP contribution in [0.3, 0.4) is 0 Å². The highest BCUT2D eigenvalue weighted by molar-refractivity contribution is 8.02. The van der Waals surface area contributed by atoms with Crippen LogP contribution in [0.2, 0.25) is 5.02 Å². The summed E-state index contributed by atoms with van der Waals surface area (Å²) in [6, 6.07) is 11.6. The first-order chi connectivity index (χ1) is 25.0. The number of unbranched alkanes of at least 4 members (excludes halogenated alkanes) is 1. The molecule has 0 saturated carbocycles. The zero-order valence-electron chi connectivity index (χ0n) is 31.8. The quantitative estimate of drug-likeness (QED) is 0.141. The second kappa shape index (κ2) is 20.4. The summed E-state index contributed by atoms with van der Waals surface area (Å²) in [6.45, 7) is 15.4. The minimum atomic E-state index is -0.407. The number of esters is 1. The van der Waals surface area contributed by atoms with Gasteiger partial charge in [-0.3, -0.25) is 4.79 Å². The fraction of sp³-hybridized carbons (Fsp3) is 0.442. The first-order valence-corrected chi connectivity index (χ1v) is 19.9. The molecule has 2 aliphatic rings. The van der Waals surface area contributed by atoms with Crippen molar-refractivity contribution in [2.24, 2.45) is 5.92 Å². The topological polar surface area (TPSA) is 68.3 Å². The maximum Gasteiger partial charge on any atom is 0.344 e. The summed E-state index contributed by atoms with van der Waals surface area (Å²) in [4.78, 5) is 30.8. The average molecular weight is 747 g/mol. The highest BCUT2D eigenvalue weighted by Crippen LogP contribution is 2.35. The van der Waals surface area contributed by atoms with E-state index in [9.17, 15) is 9.59 Å². The molecule has 0 spiro atoms. The van der Waals surface area contributed by atoms with Crippen LogP contribution in [-0.2, 0) is 16.0 Å². The van der Waals surface area contributed by atoms with Gasteiger partial charge in [-0.1, -0.05) is 69.2 Å². The molecule has 0 bridgehead atoms. The van der Waals surface area contributed by atoms with E-state index in [4.69, 9.17) is 25.8 Å². The van der Waals surface area contributed by atoms with Gasteiger partial charge >= 0.3 is 5.97 Å². The standard InChI is InChI=1S/C43H55ClN2O5S/c1-8-10-13-36-14-11-12-21-46(36)40(25-35-24-33(34-20-23-52-29-34)15-18-41(35)50-28-42(47)49-9-2)32(7)27-45(22-19-30(3)4)43(48)38-17-16-37(26-39(38)44)51-31(5)6/h11-18,20-21,23-24,26,30-31,34H,8-10,19,22,25,27-29H2,1-7H3/b36-13+,40-32+. The summed E-state index contributed by atoms with van der Waals surface area (Å²) < 4.78 is 17.2. The molecule has 9 heteroatoms. The zero-order chi connectivity index (χ0) is 37.6. The molecule has 2 heterocycles. The molecule has 2 aromatic rings. The van der Waals surface area contributed by atoms with Gasteiger partial charge in [0.1, 0.15) is 11.5 Å². The molecular formula is C43H55ClN2O5S. The van der Waals surface area contributed by atoms with Crippen molar-refractivity contribution in [2.75, 3.05) is 32.1 Å². The van der Waals surface area contributed by atoms with Crippen LogP contribution in [0.25, 0.3) is 0 Å². The van der Waals surface area contributed by atoms with Crippen molar-refractivity contribution in [2.45, 2.75) is 86.2 Å². The number of hydrogen-bond acceptors (Lipinski definition) is 7. The van der Waals surface area contributed by atoms with Crippen LogP contribution in [0.4, 0.5) is 0 Å². The molecule has 0 fully saturated rings. The van der Waals surface area contributed by atoms with E-state index in [0.29, 0.717) is 60.0 Å². The van der Waals surface area contributed by atoms with Crippen molar-refractivity contribution in [3.05, 3.63) is 117 Å². The number of ether oxygens (including phenoxy) is 3. The Balaban J connectivity index is 1.80. The van der Waals surface area contributed by atoms with Gasteiger partial charge in [-0.15, -0.1) is 11.8 Å². The lowest BCUT2D eigenvalue weighted by molar-refractivity contribution is -0.145. The van der Waals surface area contributed by atoms with Crippen LogP contribution in [-0.4, -0.2) is 59.8 Å². The Morgan fingerprint density at radius 3 is 2.58 bits per heavy atom. The molecule has 0 N–H and O–H groups in total. The molecule has 1 unspecified atom stereocenters. The van der Waals surface area contributed by atoms with Gasteiger partial charge in [0.15, 0.2) is 6.61 Å². The molecule has 2 aromatic carbocycles. The van der Waals surface area contributed by atoms with E-state index in [2.05, 4.69) is 80.6 Å². The van der Waals surface area contributed by atoms with Crippen LogP contribution >= 0.6 is 23.4 Å². The largest absolute Gasteiger partial charge is 0.491 e. The third kappa shape index (κ3) is 11.8. The van der Waals surface area contributed by atoms with Crippen molar-refractivity contribution in [1.29, 1.82) is 0 Å². The Hall–Kier alpha value is -3.88. The number of allylic oxidation sites excluding steroid dienone is 6. The number of hydrogen-bond donors (Lipinski definition) is 0. The van der Waals surface area contributed by atoms with Crippen LogP contribution < -0.4 is 9.47 Å². The van der Waals surface area contributed by atoms with Gasteiger partial charge in [0.25, 0.3) is 5.91 Å². The predicted octanol–water partition coefficient (Wildman–Crippen LogP) is 10.5. The highest BCUT2D eigenvalue weighted by Gasteiger charge is 2.25.